The monoisotopic (exact) mass is 459 g/mol. The van der Waals surface area contributed by atoms with Crippen LogP contribution in [0.3, 0.4) is 0 Å². The Kier molecular flexibility index (Phi) is 4.77. The Bertz CT molecular complexity index is 1090. The van der Waals surface area contributed by atoms with Crippen LogP contribution < -0.4 is 0 Å². The highest BCUT2D eigenvalue weighted by atomic mass is 32.2. The van der Waals surface area contributed by atoms with Crippen LogP contribution in [-0.2, 0) is 20.2 Å². The molecular formula is C25H33NO5S. The molecule has 32 heavy (non-hydrogen) atoms. The fourth-order valence-corrected chi connectivity index (χ4v) is 9.94. The average molecular weight is 460 g/mol. The standard InChI is InChI=1S/C25H33NO5S/c1-22(2)19-8-10-24(22,25(29,15-19)16-21(27)28)17-32(30,31)26-13-11-23(12-14-26)9-7-18-5-3-4-6-20(18)23/h3-7,9,19,29H,8,10-17H2,1-2H3,(H,27,28)/t19-,24+,25+/m0/s1. The summed E-state index contributed by atoms with van der Waals surface area (Å²) in [7, 11) is -3.66. The second kappa shape index (κ2) is 6.90. The van der Waals surface area contributed by atoms with Gasteiger partial charge in [0.15, 0.2) is 0 Å². The van der Waals surface area contributed by atoms with Crippen LogP contribution in [0.25, 0.3) is 6.08 Å². The summed E-state index contributed by atoms with van der Waals surface area (Å²) in [6.07, 6.45) is 7.21. The lowest BCUT2D eigenvalue weighted by atomic mass is 9.63. The van der Waals surface area contributed by atoms with Crippen molar-refractivity contribution in [2.24, 2.45) is 16.7 Å². The number of benzene rings is 1. The van der Waals surface area contributed by atoms with E-state index < -0.39 is 38.8 Å². The lowest BCUT2D eigenvalue weighted by Gasteiger charge is -2.48. The van der Waals surface area contributed by atoms with Gasteiger partial charge < -0.3 is 10.2 Å². The number of allylic oxidation sites excluding steroid dienone is 1. The predicted molar refractivity (Wildman–Crippen MR) is 123 cm³/mol. The van der Waals surface area contributed by atoms with Gasteiger partial charge in [-0.1, -0.05) is 50.3 Å². The molecule has 3 aliphatic carbocycles. The van der Waals surface area contributed by atoms with Gasteiger partial charge in [-0.25, -0.2) is 12.7 Å². The SMILES string of the molecule is CC1(C)[C@H]2CC[C@]1(CS(=O)(=O)N1CCC3(C=Cc4ccccc43)CC1)[C@](O)(CC(=O)O)C2. The largest absolute Gasteiger partial charge is 0.481 e. The number of carboxylic acid groups (broad SMARTS) is 1. The number of carboxylic acids is 1. The number of carbonyl (C=O) groups is 1. The summed E-state index contributed by atoms with van der Waals surface area (Å²) in [4.78, 5) is 11.6. The minimum atomic E-state index is -3.66. The van der Waals surface area contributed by atoms with E-state index in [0.717, 1.165) is 19.3 Å². The molecule has 1 spiro atoms. The lowest BCUT2D eigenvalue weighted by molar-refractivity contribution is -0.152. The summed E-state index contributed by atoms with van der Waals surface area (Å²) in [5.41, 5.74) is -0.447. The number of piperidine rings is 1. The van der Waals surface area contributed by atoms with Gasteiger partial charge in [0.05, 0.1) is 17.8 Å². The van der Waals surface area contributed by atoms with Crippen LogP contribution in [0, 0.1) is 16.7 Å². The van der Waals surface area contributed by atoms with Crippen molar-refractivity contribution in [3.8, 4) is 0 Å². The van der Waals surface area contributed by atoms with E-state index in [0.29, 0.717) is 25.9 Å². The predicted octanol–water partition coefficient (Wildman–Crippen LogP) is 3.41. The van der Waals surface area contributed by atoms with Gasteiger partial charge >= 0.3 is 5.97 Å². The molecule has 1 saturated heterocycles. The van der Waals surface area contributed by atoms with Crippen molar-refractivity contribution in [1.29, 1.82) is 0 Å². The Morgan fingerprint density at radius 1 is 1.16 bits per heavy atom. The van der Waals surface area contributed by atoms with Gasteiger partial charge in [0.1, 0.15) is 0 Å². The van der Waals surface area contributed by atoms with Crippen molar-refractivity contribution in [3.05, 3.63) is 41.5 Å². The first-order valence-electron chi connectivity index (χ1n) is 11.7. The van der Waals surface area contributed by atoms with Gasteiger partial charge in [0, 0.05) is 23.9 Å². The van der Waals surface area contributed by atoms with Crippen molar-refractivity contribution in [1.82, 2.24) is 4.31 Å². The maximum absolute atomic E-state index is 13.7. The molecule has 6 nitrogen and oxygen atoms in total. The molecule has 5 rings (SSSR count). The zero-order valence-corrected chi connectivity index (χ0v) is 19.7. The minimum Gasteiger partial charge on any atom is -0.481 e. The number of aliphatic hydroxyl groups is 1. The molecule has 4 aliphatic rings. The van der Waals surface area contributed by atoms with Crippen molar-refractivity contribution in [2.75, 3.05) is 18.8 Å². The summed E-state index contributed by atoms with van der Waals surface area (Å²) < 4.78 is 29.0. The van der Waals surface area contributed by atoms with E-state index in [1.165, 1.54) is 11.1 Å². The molecule has 174 valence electrons. The molecule has 0 radical (unpaired) electrons. The minimum absolute atomic E-state index is 0.101. The van der Waals surface area contributed by atoms with Gasteiger partial charge in [-0.3, -0.25) is 4.79 Å². The van der Waals surface area contributed by atoms with Crippen molar-refractivity contribution in [3.63, 3.8) is 0 Å². The third-order valence-corrected chi connectivity index (χ3v) is 11.6. The van der Waals surface area contributed by atoms with E-state index in [1.54, 1.807) is 4.31 Å². The second-order valence-corrected chi connectivity index (χ2v) is 13.0. The van der Waals surface area contributed by atoms with Gasteiger partial charge in [-0.15, -0.1) is 0 Å². The van der Waals surface area contributed by atoms with Gasteiger partial charge in [0.2, 0.25) is 10.0 Å². The van der Waals surface area contributed by atoms with Crippen LogP contribution in [-0.4, -0.2) is 53.3 Å². The summed E-state index contributed by atoms with van der Waals surface area (Å²) in [6.45, 7) is 4.92. The quantitative estimate of drug-likeness (QED) is 0.704. The van der Waals surface area contributed by atoms with Gasteiger partial charge in [0.25, 0.3) is 0 Å². The van der Waals surface area contributed by atoms with Crippen molar-refractivity contribution >= 4 is 22.1 Å². The van der Waals surface area contributed by atoms with E-state index in [9.17, 15) is 23.4 Å². The van der Waals surface area contributed by atoms with Crippen LogP contribution in [0.5, 0.6) is 0 Å². The van der Waals surface area contributed by atoms with Crippen LogP contribution in [0.15, 0.2) is 30.3 Å². The molecule has 1 aromatic rings. The summed E-state index contributed by atoms with van der Waals surface area (Å²) in [5, 5.41) is 21.0. The fraction of sp³-hybridized carbons (Fsp3) is 0.640. The molecule has 1 aliphatic heterocycles. The first-order valence-corrected chi connectivity index (χ1v) is 13.3. The van der Waals surface area contributed by atoms with E-state index in [1.807, 2.05) is 26.0 Å². The van der Waals surface area contributed by atoms with Gasteiger partial charge in [-0.05, 0) is 54.6 Å². The molecule has 0 amide bonds. The molecule has 1 aromatic carbocycles. The Morgan fingerprint density at radius 2 is 1.84 bits per heavy atom. The Morgan fingerprint density at radius 3 is 2.50 bits per heavy atom. The molecule has 3 fully saturated rings. The van der Waals surface area contributed by atoms with Crippen LogP contribution in [0.1, 0.15) is 63.5 Å². The zero-order valence-electron chi connectivity index (χ0n) is 18.9. The second-order valence-electron chi connectivity index (χ2n) is 11.1. The average Bonchev–Trinajstić information content (AvgIpc) is 3.23. The molecule has 1 heterocycles. The fourth-order valence-electron chi connectivity index (χ4n) is 7.61. The number of fused-ring (bicyclic) bond motifs is 4. The number of hydrogen-bond acceptors (Lipinski definition) is 4. The number of hydrogen-bond donors (Lipinski definition) is 2. The molecule has 3 atom stereocenters. The van der Waals surface area contributed by atoms with E-state index in [4.69, 9.17) is 0 Å². The van der Waals surface area contributed by atoms with Crippen molar-refractivity contribution in [2.45, 2.75) is 63.4 Å². The Hall–Kier alpha value is -1.70. The highest BCUT2D eigenvalue weighted by Gasteiger charge is 2.72. The van der Waals surface area contributed by atoms with Gasteiger partial charge in [-0.2, -0.15) is 0 Å². The summed E-state index contributed by atoms with van der Waals surface area (Å²) >= 11 is 0. The lowest BCUT2D eigenvalue weighted by Crippen LogP contribution is -2.56. The van der Waals surface area contributed by atoms with Crippen LogP contribution >= 0.6 is 0 Å². The van der Waals surface area contributed by atoms with Crippen molar-refractivity contribution < 1.29 is 23.4 Å². The summed E-state index contributed by atoms with van der Waals surface area (Å²) in [6, 6.07) is 8.31. The molecule has 0 unspecified atom stereocenters. The zero-order chi connectivity index (χ0) is 23.0. The molecule has 0 aromatic heterocycles. The highest BCUT2D eigenvalue weighted by Crippen LogP contribution is 2.71. The summed E-state index contributed by atoms with van der Waals surface area (Å²) in [5.74, 6) is -1.10. The first kappa shape index (κ1) is 22.1. The van der Waals surface area contributed by atoms with E-state index in [2.05, 4.69) is 24.3 Å². The van der Waals surface area contributed by atoms with E-state index in [-0.39, 0.29) is 17.1 Å². The molecule has 7 heteroatoms. The third-order valence-electron chi connectivity index (χ3n) is 9.61. The van der Waals surface area contributed by atoms with Crippen LogP contribution in [0.2, 0.25) is 0 Å². The maximum Gasteiger partial charge on any atom is 0.306 e. The maximum atomic E-state index is 13.7. The topological polar surface area (TPSA) is 94.9 Å². The third kappa shape index (κ3) is 2.90. The smallest absolute Gasteiger partial charge is 0.306 e. The number of rotatable bonds is 5. The number of nitrogens with zero attached hydrogens (tertiary/aromatic N) is 1. The highest BCUT2D eigenvalue weighted by molar-refractivity contribution is 7.89. The number of aliphatic carboxylic acids is 1. The van der Waals surface area contributed by atoms with E-state index >= 15 is 0 Å². The Balaban J connectivity index is 1.39. The first-order chi connectivity index (χ1) is 14.9. The molecule has 2 saturated carbocycles. The molecule has 2 bridgehead atoms. The normalized spacial score (nSPS) is 34.8. The molecular weight excluding hydrogens is 426 g/mol. The Labute approximate surface area is 190 Å². The number of sulfonamides is 1. The molecule has 2 N–H and O–H groups in total. The van der Waals surface area contributed by atoms with Crippen LogP contribution in [0.4, 0.5) is 0 Å².